The van der Waals surface area contributed by atoms with E-state index in [9.17, 15) is 4.79 Å². The molecule has 1 aliphatic rings. The van der Waals surface area contributed by atoms with Crippen molar-refractivity contribution in [1.29, 1.82) is 0 Å². The molecule has 0 radical (unpaired) electrons. The van der Waals surface area contributed by atoms with Crippen molar-refractivity contribution in [2.45, 2.75) is 38.3 Å². The van der Waals surface area contributed by atoms with E-state index in [1.54, 1.807) is 0 Å². The van der Waals surface area contributed by atoms with Crippen molar-refractivity contribution in [3.8, 4) is 0 Å². The lowest BCUT2D eigenvalue weighted by atomic mass is 9.92. The molecule has 22 heavy (non-hydrogen) atoms. The van der Waals surface area contributed by atoms with Crippen molar-refractivity contribution in [2.24, 2.45) is 0 Å². The van der Waals surface area contributed by atoms with E-state index < -0.39 is 0 Å². The number of rotatable bonds is 3. The molecule has 0 aliphatic heterocycles. The van der Waals surface area contributed by atoms with Gasteiger partial charge in [0, 0.05) is 12.6 Å². The van der Waals surface area contributed by atoms with E-state index in [0.717, 1.165) is 31.2 Å². The predicted molar refractivity (Wildman–Crippen MR) is 90.7 cm³/mol. The maximum atomic E-state index is 12.1. The molecule has 2 N–H and O–H groups in total. The monoisotopic (exact) mass is 294 g/mol. The molecule has 1 aliphatic carbocycles. The maximum absolute atomic E-state index is 12.1. The van der Waals surface area contributed by atoms with Gasteiger partial charge in [0.2, 0.25) is 0 Å². The first-order chi connectivity index (χ1) is 10.7. The molecular formula is C19H22N2O. The van der Waals surface area contributed by atoms with Gasteiger partial charge in [0.05, 0.1) is 0 Å². The number of hydrogen-bond acceptors (Lipinski definition) is 1. The van der Waals surface area contributed by atoms with E-state index in [1.807, 2.05) is 18.2 Å². The van der Waals surface area contributed by atoms with Crippen molar-refractivity contribution < 1.29 is 4.79 Å². The number of benzene rings is 2. The van der Waals surface area contributed by atoms with Gasteiger partial charge < -0.3 is 10.6 Å². The Kier molecular flexibility index (Phi) is 4.42. The number of hydrogen-bond donors (Lipinski definition) is 2. The number of allylic oxidation sites excluding steroid dienone is 1. The van der Waals surface area contributed by atoms with Crippen LogP contribution in [0.1, 0.15) is 31.2 Å². The molecule has 0 saturated heterocycles. The third kappa shape index (κ3) is 3.48. The zero-order chi connectivity index (χ0) is 15.4. The fraction of sp³-hybridized carbons (Fsp3) is 0.316. The molecule has 2 aromatic carbocycles. The fourth-order valence-corrected chi connectivity index (χ4v) is 3.03. The number of amides is 2. The largest absolute Gasteiger partial charge is 0.335 e. The molecule has 0 unspecified atom stereocenters. The minimum Gasteiger partial charge on any atom is -0.335 e. The molecule has 3 nitrogen and oxygen atoms in total. The van der Waals surface area contributed by atoms with Gasteiger partial charge in [0.25, 0.3) is 0 Å². The summed E-state index contributed by atoms with van der Waals surface area (Å²) in [4.78, 5) is 12.1. The van der Waals surface area contributed by atoms with Gasteiger partial charge in [-0.3, -0.25) is 0 Å². The molecular weight excluding hydrogens is 272 g/mol. The molecule has 2 amide bonds. The lowest BCUT2D eigenvalue weighted by Gasteiger charge is -2.24. The summed E-state index contributed by atoms with van der Waals surface area (Å²) >= 11 is 0. The Morgan fingerprint density at radius 2 is 1.82 bits per heavy atom. The highest BCUT2D eigenvalue weighted by atomic mass is 16.2. The number of nitrogens with one attached hydrogen (secondary N) is 2. The number of carbonyl (C=O) groups is 1. The highest BCUT2D eigenvalue weighted by molar-refractivity contribution is 5.86. The van der Waals surface area contributed by atoms with Crippen LogP contribution >= 0.6 is 0 Å². The third-order valence-electron chi connectivity index (χ3n) is 4.35. The van der Waals surface area contributed by atoms with Crippen LogP contribution in [-0.2, 0) is 6.54 Å². The molecule has 0 heterocycles. The Labute approximate surface area is 131 Å². The van der Waals surface area contributed by atoms with Crippen LogP contribution in [0.15, 0.2) is 54.6 Å². The topological polar surface area (TPSA) is 41.1 Å². The van der Waals surface area contributed by atoms with E-state index >= 15 is 0 Å². The third-order valence-corrected chi connectivity index (χ3v) is 4.35. The molecule has 0 bridgehead atoms. The SMILES string of the molecule is C=C1CCC(NC(=O)NCc2cccc3ccccc23)CC1. The lowest BCUT2D eigenvalue weighted by molar-refractivity contribution is 0.234. The van der Waals surface area contributed by atoms with Crippen LogP contribution in [0.4, 0.5) is 4.79 Å². The Hall–Kier alpha value is -2.29. The molecule has 3 rings (SSSR count). The van der Waals surface area contributed by atoms with Crippen LogP contribution < -0.4 is 10.6 Å². The molecule has 0 aromatic heterocycles. The van der Waals surface area contributed by atoms with Crippen molar-refractivity contribution in [3.05, 3.63) is 60.2 Å². The van der Waals surface area contributed by atoms with E-state index in [2.05, 4.69) is 41.5 Å². The van der Waals surface area contributed by atoms with Gasteiger partial charge in [-0.05, 0) is 42.0 Å². The first kappa shape index (κ1) is 14.6. The predicted octanol–water partition coefficient (Wildman–Crippen LogP) is 4.14. The van der Waals surface area contributed by atoms with Gasteiger partial charge in [-0.2, -0.15) is 0 Å². The zero-order valence-corrected chi connectivity index (χ0v) is 12.8. The van der Waals surface area contributed by atoms with Crippen molar-refractivity contribution in [2.75, 3.05) is 0 Å². The second-order valence-electron chi connectivity index (χ2n) is 5.99. The quantitative estimate of drug-likeness (QED) is 0.821. The van der Waals surface area contributed by atoms with Gasteiger partial charge in [0.1, 0.15) is 0 Å². The number of urea groups is 1. The van der Waals surface area contributed by atoms with Gasteiger partial charge in [-0.15, -0.1) is 0 Å². The summed E-state index contributed by atoms with van der Waals surface area (Å²) in [5, 5.41) is 8.44. The molecule has 0 atom stereocenters. The number of carbonyl (C=O) groups excluding carboxylic acids is 1. The molecule has 114 valence electrons. The van der Waals surface area contributed by atoms with E-state index in [1.165, 1.54) is 16.3 Å². The molecule has 1 saturated carbocycles. The van der Waals surface area contributed by atoms with E-state index in [0.29, 0.717) is 6.54 Å². The van der Waals surface area contributed by atoms with Gasteiger partial charge in [-0.1, -0.05) is 54.6 Å². The second kappa shape index (κ2) is 6.65. The van der Waals surface area contributed by atoms with Crippen LogP contribution in [0.25, 0.3) is 10.8 Å². The van der Waals surface area contributed by atoms with Crippen LogP contribution in [0, 0.1) is 0 Å². The zero-order valence-electron chi connectivity index (χ0n) is 12.8. The fourth-order valence-electron chi connectivity index (χ4n) is 3.03. The van der Waals surface area contributed by atoms with Gasteiger partial charge in [0.15, 0.2) is 0 Å². The molecule has 1 fully saturated rings. The van der Waals surface area contributed by atoms with Crippen molar-refractivity contribution >= 4 is 16.8 Å². The minimum atomic E-state index is -0.0783. The smallest absolute Gasteiger partial charge is 0.315 e. The van der Waals surface area contributed by atoms with Crippen LogP contribution in [0.5, 0.6) is 0 Å². The summed E-state index contributed by atoms with van der Waals surface area (Å²) in [5.41, 5.74) is 2.44. The number of fused-ring (bicyclic) bond motifs is 1. The standard InChI is InChI=1S/C19H22N2O/c1-14-9-11-17(12-10-14)21-19(22)20-13-16-7-4-6-15-5-2-3-8-18(15)16/h2-8,17H,1,9-13H2,(H2,20,21,22). The minimum absolute atomic E-state index is 0.0783. The Morgan fingerprint density at radius 1 is 1.09 bits per heavy atom. The van der Waals surface area contributed by atoms with Crippen molar-refractivity contribution in [3.63, 3.8) is 0 Å². The average molecular weight is 294 g/mol. The molecule has 0 spiro atoms. The average Bonchev–Trinajstić information content (AvgIpc) is 2.55. The highest BCUT2D eigenvalue weighted by Gasteiger charge is 2.17. The van der Waals surface area contributed by atoms with Crippen LogP contribution in [0.2, 0.25) is 0 Å². The summed E-state index contributed by atoms with van der Waals surface area (Å²) in [6, 6.07) is 14.6. The molecule has 2 aromatic rings. The van der Waals surface area contributed by atoms with E-state index in [-0.39, 0.29) is 12.1 Å². The maximum Gasteiger partial charge on any atom is 0.315 e. The summed E-state index contributed by atoms with van der Waals surface area (Å²) < 4.78 is 0. The highest BCUT2D eigenvalue weighted by Crippen LogP contribution is 2.21. The Balaban J connectivity index is 1.57. The Morgan fingerprint density at radius 3 is 2.64 bits per heavy atom. The molecule has 3 heteroatoms. The lowest BCUT2D eigenvalue weighted by Crippen LogP contribution is -2.42. The summed E-state index contributed by atoms with van der Waals surface area (Å²) in [6.07, 6.45) is 4.05. The Bertz CT molecular complexity index is 677. The summed E-state index contributed by atoms with van der Waals surface area (Å²) in [6.45, 7) is 4.55. The second-order valence-corrected chi connectivity index (χ2v) is 5.99. The first-order valence-corrected chi connectivity index (χ1v) is 7.90. The summed E-state index contributed by atoms with van der Waals surface area (Å²) in [7, 11) is 0. The van der Waals surface area contributed by atoms with E-state index in [4.69, 9.17) is 0 Å². The van der Waals surface area contributed by atoms with Crippen LogP contribution in [-0.4, -0.2) is 12.1 Å². The van der Waals surface area contributed by atoms with Crippen LogP contribution in [0.3, 0.4) is 0 Å². The summed E-state index contributed by atoms with van der Waals surface area (Å²) in [5.74, 6) is 0. The van der Waals surface area contributed by atoms with Gasteiger partial charge in [-0.25, -0.2) is 4.79 Å². The van der Waals surface area contributed by atoms with Crippen molar-refractivity contribution in [1.82, 2.24) is 10.6 Å². The first-order valence-electron chi connectivity index (χ1n) is 7.90. The normalized spacial score (nSPS) is 15.7. The van der Waals surface area contributed by atoms with Gasteiger partial charge >= 0.3 is 6.03 Å².